The van der Waals surface area contributed by atoms with Crippen LogP contribution in [0.5, 0.6) is 0 Å². The van der Waals surface area contributed by atoms with Gasteiger partial charge in [-0.1, -0.05) is 23.7 Å². The van der Waals surface area contributed by atoms with Gasteiger partial charge in [0.25, 0.3) is 0 Å². The van der Waals surface area contributed by atoms with Crippen molar-refractivity contribution in [2.24, 2.45) is 0 Å². The second-order valence-electron chi connectivity index (χ2n) is 5.07. The zero-order chi connectivity index (χ0) is 17.3. The van der Waals surface area contributed by atoms with E-state index in [9.17, 15) is 18.0 Å². The van der Waals surface area contributed by atoms with Crippen molar-refractivity contribution in [2.45, 2.75) is 11.4 Å². The highest BCUT2D eigenvalue weighted by atomic mass is 35.5. The van der Waals surface area contributed by atoms with Crippen molar-refractivity contribution in [3.63, 3.8) is 0 Å². The van der Waals surface area contributed by atoms with E-state index in [4.69, 9.17) is 11.6 Å². The molecule has 0 saturated carbocycles. The Hall–Kier alpha value is -2.42. The number of H-pyrrole nitrogens is 2. The van der Waals surface area contributed by atoms with E-state index in [1.807, 2.05) is 0 Å². The maximum Gasteiger partial charge on any atom is 0.314 e. The van der Waals surface area contributed by atoms with Crippen LogP contribution in [0.4, 0.5) is 0 Å². The summed E-state index contributed by atoms with van der Waals surface area (Å²) in [5, 5.41) is 0.513. The zero-order valence-corrected chi connectivity index (χ0v) is 13.7. The standard InChI is InChI=1S/C15H12ClN3O4S/c16-10-3-1-2-9(6-10)8-17-24(22,23)11-4-5-12-13(7-11)19-15(21)14(20)18-12/h1-7,17H,8H2,(H,18,20)(H,19,21). The molecular weight excluding hydrogens is 354 g/mol. The molecule has 0 aliphatic rings. The van der Waals surface area contributed by atoms with E-state index in [-0.39, 0.29) is 17.0 Å². The third kappa shape index (κ3) is 3.40. The van der Waals surface area contributed by atoms with Crippen molar-refractivity contribution in [2.75, 3.05) is 0 Å². The second kappa shape index (κ2) is 6.23. The van der Waals surface area contributed by atoms with Gasteiger partial charge in [0.15, 0.2) is 0 Å². The molecule has 0 bridgehead atoms. The zero-order valence-electron chi connectivity index (χ0n) is 12.2. The average Bonchev–Trinajstić information content (AvgIpc) is 2.54. The molecule has 0 saturated heterocycles. The molecule has 3 rings (SSSR count). The topological polar surface area (TPSA) is 112 Å². The van der Waals surface area contributed by atoms with Crippen molar-refractivity contribution in [1.82, 2.24) is 14.7 Å². The summed E-state index contributed by atoms with van der Waals surface area (Å²) in [5.41, 5.74) is -0.357. The third-order valence-corrected chi connectivity index (χ3v) is 4.99. The third-order valence-electron chi connectivity index (χ3n) is 3.36. The van der Waals surface area contributed by atoms with E-state index in [0.717, 1.165) is 0 Å². The fraction of sp³-hybridized carbons (Fsp3) is 0.0667. The van der Waals surface area contributed by atoms with Gasteiger partial charge in [-0.25, -0.2) is 13.1 Å². The molecule has 1 aromatic heterocycles. The number of aromatic nitrogens is 2. The summed E-state index contributed by atoms with van der Waals surface area (Å²) in [6.07, 6.45) is 0. The predicted molar refractivity (Wildman–Crippen MR) is 90.7 cm³/mol. The van der Waals surface area contributed by atoms with Crippen LogP contribution in [-0.4, -0.2) is 18.4 Å². The minimum absolute atomic E-state index is 0.0280. The SMILES string of the molecule is O=c1[nH]c2ccc(S(=O)(=O)NCc3cccc(Cl)c3)cc2[nH]c1=O. The molecule has 0 fully saturated rings. The molecule has 1 heterocycles. The maximum atomic E-state index is 12.4. The van der Waals surface area contributed by atoms with Crippen molar-refractivity contribution < 1.29 is 8.42 Å². The van der Waals surface area contributed by atoms with E-state index < -0.39 is 21.1 Å². The largest absolute Gasteiger partial charge is 0.316 e. The molecule has 124 valence electrons. The number of nitrogens with one attached hydrogen (secondary N) is 3. The number of benzene rings is 2. The molecule has 9 heteroatoms. The van der Waals surface area contributed by atoms with Crippen molar-refractivity contribution in [1.29, 1.82) is 0 Å². The molecule has 3 N–H and O–H groups in total. The Labute approximate surface area is 141 Å². The van der Waals surface area contributed by atoms with Gasteiger partial charge in [0.1, 0.15) is 0 Å². The van der Waals surface area contributed by atoms with Crippen LogP contribution in [0.2, 0.25) is 5.02 Å². The van der Waals surface area contributed by atoms with Gasteiger partial charge >= 0.3 is 11.1 Å². The van der Waals surface area contributed by atoms with Gasteiger partial charge in [-0.15, -0.1) is 0 Å². The van der Waals surface area contributed by atoms with Gasteiger partial charge in [0, 0.05) is 11.6 Å². The smallest absolute Gasteiger partial charge is 0.314 e. The lowest BCUT2D eigenvalue weighted by molar-refractivity contribution is 0.581. The summed E-state index contributed by atoms with van der Waals surface area (Å²) < 4.78 is 27.2. The van der Waals surface area contributed by atoms with E-state index in [0.29, 0.717) is 16.1 Å². The Balaban J connectivity index is 1.91. The highest BCUT2D eigenvalue weighted by Gasteiger charge is 2.15. The van der Waals surface area contributed by atoms with Gasteiger partial charge in [0.05, 0.1) is 15.9 Å². The van der Waals surface area contributed by atoms with Crippen LogP contribution in [0.1, 0.15) is 5.56 Å². The maximum absolute atomic E-state index is 12.4. The first kappa shape index (κ1) is 16.4. The van der Waals surface area contributed by atoms with Crippen molar-refractivity contribution in [3.05, 3.63) is 73.8 Å². The molecule has 0 atom stereocenters. The van der Waals surface area contributed by atoms with Gasteiger partial charge < -0.3 is 9.97 Å². The molecule has 7 nitrogen and oxygen atoms in total. The molecule has 3 aromatic rings. The van der Waals surface area contributed by atoms with E-state index >= 15 is 0 Å². The Bertz CT molecular complexity index is 1140. The van der Waals surface area contributed by atoms with Crippen LogP contribution in [-0.2, 0) is 16.6 Å². The van der Waals surface area contributed by atoms with Gasteiger partial charge in [-0.05, 0) is 35.9 Å². The highest BCUT2D eigenvalue weighted by Crippen LogP contribution is 2.15. The number of rotatable bonds is 4. The first-order valence-electron chi connectivity index (χ1n) is 6.86. The number of hydrogen-bond acceptors (Lipinski definition) is 4. The van der Waals surface area contributed by atoms with Crippen LogP contribution < -0.4 is 15.8 Å². The minimum atomic E-state index is -3.79. The fourth-order valence-corrected chi connectivity index (χ4v) is 3.43. The van der Waals surface area contributed by atoms with Gasteiger partial charge in [-0.3, -0.25) is 9.59 Å². The van der Waals surface area contributed by atoms with Crippen LogP contribution in [0.3, 0.4) is 0 Å². The van der Waals surface area contributed by atoms with Crippen LogP contribution in [0.15, 0.2) is 56.9 Å². The lowest BCUT2D eigenvalue weighted by Crippen LogP contribution is -2.29. The molecule has 0 aliphatic carbocycles. The molecule has 0 unspecified atom stereocenters. The lowest BCUT2D eigenvalue weighted by atomic mass is 10.2. The molecule has 0 amide bonds. The normalized spacial score (nSPS) is 11.7. The summed E-state index contributed by atoms with van der Waals surface area (Å²) in [4.78, 5) is 27.3. The number of sulfonamides is 1. The van der Waals surface area contributed by atoms with Crippen LogP contribution in [0, 0.1) is 0 Å². The Kier molecular flexibility index (Phi) is 4.27. The first-order valence-corrected chi connectivity index (χ1v) is 8.72. The summed E-state index contributed by atoms with van der Waals surface area (Å²) in [6, 6.07) is 10.9. The number of aromatic amines is 2. The Morgan fingerprint density at radius 1 is 0.958 bits per heavy atom. The average molecular weight is 366 g/mol. The number of fused-ring (bicyclic) bond motifs is 1. The van der Waals surface area contributed by atoms with Crippen LogP contribution >= 0.6 is 11.6 Å². The molecule has 0 aliphatic heterocycles. The first-order chi connectivity index (χ1) is 11.3. The molecule has 0 spiro atoms. The molecule has 24 heavy (non-hydrogen) atoms. The van der Waals surface area contributed by atoms with E-state index in [1.165, 1.54) is 18.2 Å². The van der Waals surface area contributed by atoms with Crippen LogP contribution in [0.25, 0.3) is 11.0 Å². The van der Waals surface area contributed by atoms with Crippen molar-refractivity contribution >= 4 is 32.7 Å². The van der Waals surface area contributed by atoms with E-state index in [1.54, 1.807) is 24.3 Å². The minimum Gasteiger partial charge on any atom is -0.316 e. The Morgan fingerprint density at radius 2 is 1.67 bits per heavy atom. The molecular formula is C15H12ClN3O4S. The Morgan fingerprint density at radius 3 is 2.38 bits per heavy atom. The predicted octanol–water partition coefficient (Wildman–Crippen LogP) is 1.35. The van der Waals surface area contributed by atoms with E-state index in [2.05, 4.69) is 14.7 Å². The summed E-state index contributed by atoms with van der Waals surface area (Å²) in [7, 11) is -3.79. The lowest BCUT2D eigenvalue weighted by Gasteiger charge is -2.08. The fourth-order valence-electron chi connectivity index (χ4n) is 2.17. The quantitative estimate of drug-likeness (QED) is 0.606. The summed E-state index contributed by atoms with van der Waals surface area (Å²) >= 11 is 5.86. The van der Waals surface area contributed by atoms with Gasteiger partial charge in [0.2, 0.25) is 10.0 Å². The summed E-state index contributed by atoms with van der Waals surface area (Å²) in [5.74, 6) is 0. The number of hydrogen-bond donors (Lipinski definition) is 3. The summed E-state index contributed by atoms with van der Waals surface area (Å²) in [6.45, 7) is 0.0725. The number of halogens is 1. The van der Waals surface area contributed by atoms with Gasteiger partial charge in [-0.2, -0.15) is 0 Å². The molecule has 2 aromatic carbocycles. The van der Waals surface area contributed by atoms with Crippen molar-refractivity contribution in [3.8, 4) is 0 Å². The molecule has 0 radical (unpaired) electrons. The highest BCUT2D eigenvalue weighted by molar-refractivity contribution is 7.89. The monoisotopic (exact) mass is 365 g/mol. The second-order valence-corrected chi connectivity index (χ2v) is 7.27.